The van der Waals surface area contributed by atoms with Crippen LogP contribution in [0.2, 0.25) is 0 Å². The zero-order valence-electron chi connectivity index (χ0n) is 17.4. The summed E-state index contributed by atoms with van der Waals surface area (Å²) in [4.78, 5) is 11.1. The molecule has 0 N–H and O–H groups in total. The number of aromatic nitrogens is 2. The van der Waals surface area contributed by atoms with Crippen molar-refractivity contribution in [1.82, 2.24) is 9.97 Å². The van der Waals surface area contributed by atoms with Crippen molar-refractivity contribution in [2.75, 3.05) is 24.6 Å². The van der Waals surface area contributed by atoms with Gasteiger partial charge in [0.05, 0.1) is 35.6 Å². The number of thiazole rings is 1. The van der Waals surface area contributed by atoms with Gasteiger partial charge in [-0.1, -0.05) is 20.8 Å². The number of benzene rings is 1. The summed E-state index contributed by atoms with van der Waals surface area (Å²) in [7, 11) is 0. The van der Waals surface area contributed by atoms with Crippen LogP contribution in [-0.4, -0.2) is 36.3 Å². The zero-order valence-corrected chi connectivity index (χ0v) is 18.2. The number of nitrogens with zero attached hydrogens (tertiary/aromatic N) is 4. The summed E-state index contributed by atoms with van der Waals surface area (Å²) in [5, 5.41) is 13.2. The largest absolute Gasteiger partial charge is 0.435 e. The summed E-state index contributed by atoms with van der Waals surface area (Å²) in [6, 6.07) is 6.75. The Labute approximate surface area is 183 Å². The fourth-order valence-electron chi connectivity index (χ4n) is 3.54. The Balaban J connectivity index is 1.71. The van der Waals surface area contributed by atoms with Crippen molar-refractivity contribution in [1.29, 1.82) is 5.26 Å². The molecular weight excluding hydrogens is 422 g/mol. The van der Waals surface area contributed by atoms with E-state index in [0.717, 1.165) is 10.7 Å². The molecule has 0 amide bonds. The lowest BCUT2D eigenvalue weighted by atomic mass is 9.93. The second-order valence-electron chi connectivity index (χ2n) is 8.32. The van der Waals surface area contributed by atoms with Gasteiger partial charge in [0, 0.05) is 28.9 Å². The van der Waals surface area contributed by atoms with Gasteiger partial charge < -0.3 is 14.4 Å². The third-order valence-electron chi connectivity index (χ3n) is 5.11. The molecule has 0 unspecified atom stereocenters. The smallest absolute Gasteiger partial charge is 0.387 e. The normalized spacial score (nSPS) is 17.2. The first kappa shape index (κ1) is 21.4. The SMILES string of the molecule is CC(C)(C)c1csc([C@H]2CN(c3c(C#N)cnc4ccc(OC(F)F)cc34)CCO2)n1. The number of hydrogen-bond acceptors (Lipinski definition) is 7. The average Bonchev–Trinajstić information content (AvgIpc) is 3.23. The Kier molecular flexibility index (Phi) is 5.77. The lowest BCUT2D eigenvalue weighted by Crippen LogP contribution is -2.39. The summed E-state index contributed by atoms with van der Waals surface area (Å²) in [5.41, 5.74) is 2.57. The number of rotatable bonds is 4. The number of pyridine rings is 1. The number of ether oxygens (including phenoxy) is 2. The lowest BCUT2D eigenvalue weighted by Gasteiger charge is -2.34. The standard InChI is InChI=1S/C22H22F2N4O2S/c1-22(2,3)18-12-31-20(27-18)17-11-28(6-7-29-17)19-13(9-25)10-26-16-5-4-14(8-15(16)19)30-21(23)24/h4-5,8,10,12,17,21H,6-7,11H2,1-3H3/t17-/m1/s1. The van der Waals surface area contributed by atoms with Crippen molar-refractivity contribution in [2.24, 2.45) is 0 Å². The van der Waals surface area contributed by atoms with E-state index in [1.807, 2.05) is 10.3 Å². The molecule has 1 aliphatic rings. The molecule has 0 aliphatic carbocycles. The number of fused-ring (bicyclic) bond motifs is 1. The molecule has 1 aliphatic heterocycles. The summed E-state index contributed by atoms with van der Waals surface area (Å²) in [6.45, 7) is 4.91. The van der Waals surface area contributed by atoms with E-state index in [1.165, 1.54) is 18.3 Å². The maximum atomic E-state index is 12.7. The minimum atomic E-state index is -2.93. The van der Waals surface area contributed by atoms with Crippen molar-refractivity contribution in [3.63, 3.8) is 0 Å². The van der Waals surface area contributed by atoms with E-state index in [4.69, 9.17) is 9.72 Å². The molecule has 1 saturated heterocycles. The van der Waals surface area contributed by atoms with Crippen LogP contribution in [0, 0.1) is 11.3 Å². The van der Waals surface area contributed by atoms with Gasteiger partial charge in [-0.2, -0.15) is 14.0 Å². The van der Waals surface area contributed by atoms with E-state index in [2.05, 4.69) is 36.6 Å². The van der Waals surface area contributed by atoms with Gasteiger partial charge in [-0.25, -0.2) is 4.98 Å². The molecule has 31 heavy (non-hydrogen) atoms. The van der Waals surface area contributed by atoms with Gasteiger partial charge in [0.25, 0.3) is 0 Å². The first-order chi connectivity index (χ1) is 14.8. The molecule has 3 aromatic rings. The highest BCUT2D eigenvalue weighted by atomic mass is 32.1. The molecule has 9 heteroatoms. The predicted octanol–water partition coefficient (Wildman–Crippen LogP) is 5.04. The molecule has 0 spiro atoms. The lowest BCUT2D eigenvalue weighted by molar-refractivity contribution is -0.0497. The molecule has 3 heterocycles. The molecule has 162 valence electrons. The van der Waals surface area contributed by atoms with E-state index in [1.54, 1.807) is 17.4 Å². The van der Waals surface area contributed by atoms with E-state index in [0.29, 0.717) is 41.9 Å². The van der Waals surface area contributed by atoms with Gasteiger partial charge in [-0.05, 0) is 18.2 Å². The van der Waals surface area contributed by atoms with Crippen LogP contribution in [0.3, 0.4) is 0 Å². The van der Waals surface area contributed by atoms with Gasteiger partial charge in [-0.15, -0.1) is 11.3 Å². The van der Waals surface area contributed by atoms with Crippen LogP contribution < -0.4 is 9.64 Å². The molecule has 0 saturated carbocycles. The molecule has 0 radical (unpaired) electrons. The summed E-state index contributed by atoms with van der Waals surface area (Å²) < 4.78 is 36.0. The highest BCUT2D eigenvalue weighted by Gasteiger charge is 2.29. The molecule has 1 aromatic carbocycles. The molecule has 2 aromatic heterocycles. The maximum absolute atomic E-state index is 12.7. The fourth-order valence-corrected chi connectivity index (χ4v) is 4.62. The van der Waals surface area contributed by atoms with Crippen LogP contribution in [0.1, 0.15) is 43.1 Å². The van der Waals surface area contributed by atoms with Gasteiger partial charge in [0.1, 0.15) is 22.9 Å². The van der Waals surface area contributed by atoms with E-state index >= 15 is 0 Å². The van der Waals surface area contributed by atoms with Gasteiger partial charge in [0.15, 0.2) is 0 Å². The summed E-state index contributed by atoms with van der Waals surface area (Å²) in [5.74, 6) is 0.0280. The van der Waals surface area contributed by atoms with E-state index in [-0.39, 0.29) is 17.3 Å². The first-order valence-electron chi connectivity index (χ1n) is 9.86. The minimum Gasteiger partial charge on any atom is -0.435 e. The number of anilines is 1. The number of alkyl halides is 2. The van der Waals surface area contributed by atoms with Gasteiger partial charge >= 0.3 is 6.61 Å². The average molecular weight is 445 g/mol. The minimum absolute atomic E-state index is 0.0280. The first-order valence-corrected chi connectivity index (χ1v) is 10.7. The molecule has 6 nitrogen and oxygen atoms in total. The van der Waals surface area contributed by atoms with Crippen molar-refractivity contribution < 1.29 is 18.3 Å². The Hall–Kier alpha value is -2.83. The Bertz CT molecular complexity index is 1140. The fraction of sp³-hybridized carbons (Fsp3) is 0.409. The zero-order chi connectivity index (χ0) is 22.2. The van der Waals surface area contributed by atoms with Crippen LogP contribution in [0.15, 0.2) is 29.8 Å². The number of nitriles is 1. The predicted molar refractivity (Wildman–Crippen MR) is 115 cm³/mol. The monoisotopic (exact) mass is 444 g/mol. The van der Waals surface area contributed by atoms with Crippen LogP contribution >= 0.6 is 11.3 Å². The topological polar surface area (TPSA) is 71.3 Å². The molecular formula is C22H22F2N4O2S. The second kappa shape index (κ2) is 8.36. The van der Waals surface area contributed by atoms with Crippen molar-refractivity contribution in [3.8, 4) is 11.8 Å². The quantitative estimate of drug-likeness (QED) is 0.561. The van der Waals surface area contributed by atoms with Crippen LogP contribution in [-0.2, 0) is 10.2 Å². The van der Waals surface area contributed by atoms with Crippen LogP contribution in [0.4, 0.5) is 14.5 Å². The van der Waals surface area contributed by atoms with Crippen molar-refractivity contribution in [2.45, 2.75) is 38.9 Å². The number of morpholine rings is 1. The van der Waals surface area contributed by atoms with Gasteiger partial charge in [-0.3, -0.25) is 4.98 Å². The maximum Gasteiger partial charge on any atom is 0.387 e. The Morgan fingerprint density at radius 1 is 1.35 bits per heavy atom. The molecule has 1 fully saturated rings. The van der Waals surface area contributed by atoms with Gasteiger partial charge in [0.2, 0.25) is 0 Å². The summed E-state index contributed by atoms with van der Waals surface area (Å²) >= 11 is 1.56. The third-order valence-corrected chi connectivity index (χ3v) is 6.04. The van der Waals surface area contributed by atoms with Crippen LogP contribution in [0.25, 0.3) is 10.9 Å². The molecule has 4 rings (SSSR count). The molecule has 0 bridgehead atoms. The van der Waals surface area contributed by atoms with Crippen molar-refractivity contribution >= 4 is 27.9 Å². The molecule has 1 atom stereocenters. The number of hydrogen-bond donors (Lipinski definition) is 0. The van der Waals surface area contributed by atoms with Crippen LogP contribution in [0.5, 0.6) is 5.75 Å². The third kappa shape index (κ3) is 4.45. The van der Waals surface area contributed by atoms with E-state index in [9.17, 15) is 14.0 Å². The van der Waals surface area contributed by atoms with E-state index < -0.39 is 6.61 Å². The second-order valence-corrected chi connectivity index (χ2v) is 9.21. The number of halogens is 2. The Morgan fingerprint density at radius 3 is 2.84 bits per heavy atom. The highest BCUT2D eigenvalue weighted by molar-refractivity contribution is 7.09. The Morgan fingerprint density at radius 2 is 2.16 bits per heavy atom. The summed E-state index contributed by atoms with van der Waals surface area (Å²) in [6.07, 6.45) is 1.27. The van der Waals surface area contributed by atoms with Crippen molar-refractivity contribution in [3.05, 3.63) is 46.0 Å². The highest BCUT2D eigenvalue weighted by Crippen LogP contribution is 2.36.